The third-order valence-electron chi connectivity index (χ3n) is 3.46. The zero-order valence-corrected chi connectivity index (χ0v) is 10.8. The van der Waals surface area contributed by atoms with Crippen LogP contribution in [0.3, 0.4) is 0 Å². The number of carbonyl (C=O) groups is 1. The van der Waals surface area contributed by atoms with Crippen LogP contribution in [0.15, 0.2) is 24.3 Å². The molecular weight excluding hydrogens is 247 g/mol. The van der Waals surface area contributed by atoms with E-state index in [1.165, 1.54) is 6.07 Å². The molecular formula is C14H19FN2O2. The van der Waals surface area contributed by atoms with Gasteiger partial charge in [0.25, 0.3) is 0 Å². The third kappa shape index (κ3) is 3.67. The van der Waals surface area contributed by atoms with Gasteiger partial charge in [-0.2, -0.15) is 0 Å². The number of piperidine rings is 1. The summed E-state index contributed by atoms with van der Waals surface area (Å²) < 4.78 is 13.4. The van der Waals surface area contributed by atoms with E-state index in [0.29, 0.717) is 25.4 Å². The second-order valence-electron chi connectivity index (χ2n) is 4.88. The summed E-state index contributed by atoms with van der Waals surface area (Å²) in [6.07, 6.45) is 2.67. The maximum absolute atomic E-state index is 13.4. The van der Waals surface area contributed by atoms with Crippen molar-refractivity contribution in [3.05, 3.63) is 30.1 Å². The molecule has 0 bridgehead atoms. The number of hydrogen-bond donors (Lipinski definition) is 2. The van der Waals surface area contributed by atoms with Gasteiger partial charge in [0.2, 0.25) is 0 Å². The fraction of sp³-hybridized carbons (Fsp3) is 0.500. The number of nitrogens with one attached hydrogen (secondary N) is 1. The van der Waals surface area contributed by atoms with Gasteiger partial charge >= 0.3 is 6.03 Å². The minimum absolute atomic E-state index is 0.146. The number of likely N-dealkylation sites (tertiary alicyclic amines) is 1. The molecule has 1 aromatic rings. The Morgan fingerprint density at radius 2 is 2.26 bits per heavy atom. The molecule has 2 N–H and O–H groups in total. The molecule has 1 fully saturated rings. The Kier molecular flexibility index (Phi) is 4.74. The standard InChI is InChI=1S/C14H19FN2O2/c15-12-5-1-2-6-13(12)16-14(19)17-8-3-4-11(10-17)7-9-18/h1-2,5-6,11,18H,3-4,7-10H2,(H,16,19)/t11-/m0/s1. The van der Waals surface area contributed by atoms with Crippen molar-refractivity contribution < 1.29 is 14.3 Å². The number of aliphatic hydroxyl groups is 1. The molecule has 0 spiro atoms. The number of urea groups is 1. The van der Waals surface area contributed by atoms with Crippen molar-refractivity contribution in [3.8, 4) is 0 Å². The molecule has 0 radical (unpaired) electrons. The highest BCUT2D eigenvalue weighted by Gasteiger charge is 2.23. The predicted molar refractivity (Wildman–Crippen MR) is 71.4 cm³/mol. The Morgan fingerprint density at radius 3 is 3.00 bits per heavy atom. The summed E-state index contributed by atoms with van der Waals surface area (Å²) >= 11 is 0. The van der Waals surface area contributed by atoms with E-state index < -0.39 is 5.82 Å². The number of rotatable bonds is 3. The first-order valence-electron chi connectivity index (χ1n) is 6.62. The summed E-state index contributed by atoms with van der Waals surface area (Å²) in [5.41, 5.74) is 0.205. The molecule has 1 heterocycles. The Labute approximate surface area is 112 Å². The molecule has 1 aromatic carbocycles. The Morgan fingerprint density at radius 1 is 1.47 bits per heavy atom. The molecule has 0 aliphatic carbocycles. The van der Waals surface area contributed by atoms with Gasteiger partial charge in [0.05, 0.1) is 5.69 Å². The number of para-hydroxylation sites is 1. The van der Waals surface area contributed by atoms with Gasteiger partial charge in [-0.05, 0) is 37.3 Å². The maximum Gasteiger partial charge on any atom is 0.321 e. The summed E-state index contributed by atoms with van der Waals surface area (Å²) in [5.74, 6) is -0.0927. The smallest absolute Gasteiger partial charge is 0.321 e. The molecule has 19 heavy (non-hydrogen) atoms. The van der Waals surface area contributed by atoms with Crippen LogP contribution in [0.25, 0.3) is 0 Å². The van der Waals surface area contributed by atoms with Gasteiger partial charge in [-0.3, -0.25) is 0 Å². The summed E-state index contributed by atoms with van der Waals surface area (Å²) in [6, 6.07) is 5.86. The van der Waals surface area contributed by atoms with Crippen molar-refractivity contribution in [3.63, 3.8) is 0 Å². The Balaban J connectivity index is 1.94. The van der Waals surface area contributed by atoms with Crippen LogP contribution in [0.5, 0.6) is 0 Å². The van der Waals surface area contributed by atoms with E-state index in [4.69, 9.17) is 5.11 Å². The van der Waals surface area contributed by atoms with Crippen LogP contribution in [-0.2, 0) is 0 Å². The number of halogens is 1. The van der Waals surface area contributed by atoms with Gasteiger partial charge in [-0.15, -0.1) is 0 Å². The van der Waals surface area contributed by atoms with Crippen molar-refractivity contribution >= 4 is 11.7 Å². The molecule has 2 amide bonds. The monoisotopic (exact) mass is 266 g/mol. The van der Waals surface area contributed by atoms with Gasteiger partial charge in [0.1, 0.15) is 5.82 Å². The first kappa shape index (κ1) is 13.8. The minimum Gasteiger partial charge on any atom is -0.396 e. The van der Waals surface area contributed by atoms with Crippen LogP contribution in [0.2, 0.25) is 0 Å². The fourth-order valence-corrected chi connectivity index (χ4v) is 2.42. The second kappa shape index (κ2) is 6.52. The summed E-state index contributed by atoms with van der Waals surface area (Å²) in [7, 11) is 0. The van der Waals surface area contributed by atoms with Crippen molar-refractivity contribution in [1.82, 2.24) is 4.90 Å². The SMILES string of the molecule is O=C(Nc1ccccc1F)N1CCC[C@@H](CCO)C1. The first-order valence-corrected chi connectivity index (χ1v) is 6.62. The van der Waals surface area contributed by atoms with Crippen molar-refractivity contribution in [2.24, 2.45) is 5.92 Å². The van der Waals surface area contributed by atoms with Gasteiger partial charge in [0, 0.05) is 19.7 Å². The minimum atomic E-state index is -0.431. The molecule has 0 aromatic heterocycles. The zero-order chi connectivity index (χ0) is 13.7. The quantitative estimate of drug-likeness (QED) is 0.883. The van der Waals surface area contributed by atoms with Crippen molar-refractivity contribution in [2.45, 2.75) is 19.3 Å². The molecule has 0 unspecified atom stereocenters. The fourth-order valence-electron chi connectivity index (χ4n) is 2.42. The molecule has 1 atom stereocenters. The van der Waals surface area contributed by atoms with Crippen LogP contribution >= 0.6 is 0 Å². The van der Waals surface area contributed by atoms with Crippen LogP contribution in [-0.4, -0.2) is 35.7 Å². The van der Waals surface area contributed by atoms with E-state index in [9.17, 15) is 9.18 Å². The normalized spacial score (nSPS) is 19.3. The van der Waals surface area contributed by atoms with E-state index in [-0.39, 0.29) is 18.3 Å². The molecule has 1 aliphatic heterocycles. The molecule has 5 heteroatoms. The summed E-state index contributed by atoms with van der Waals surface area (Å²) in [6.45, 7) is 1.45. The van der Waals surface area contributed by atoms with Crippen LogP contribution in [0, 0.1) is 11.7 Å². The topological polar surface area (TPSA) is 52.6 Å². The first-order chi connectivity index (χ1) is 9.20. The van der Waals surface area contributed by atoms with Crippen molar-refractivity contribution in [1.29, 1.82) is 0 Å². The van der Waals surface area contributed by atoms with Crippen molar-refractivity contribution in [2.75, 3.05) is 25.0 Å². The van der Waals surface area contributed by atoms with E-state index in [1.54, 1.807) is 23.1 Å². The van der Waals surface area contributed by atoms with Crippen LogP contribution in [0.4, 0.5) is 14.9 Å². The lowest BCUT2D eigenvalue weighted by molar-refractivity contribution is 0.159. The number of aliphatic hydroxyl groups excluding tert-OH is 1. The lowest BCUT2D eigenvalue weighted by Gasteiger charge is -2.32. The van der Waals surface area contributed by atoms with E-state index in [0.717, 1.165) is 12.8 Å². The zero-order valence-electron chi connectivity index (χ0n) is 10.8. The highest BCUT2D eigenvalue weighted by Crippen LogP contribution is 2.20. The molecule has 104 valence electrons. The molecule has 2 rings (SSSR count). The average molecular weight is 266 g/mol. The predicted octanol–water partition coefficient (Wildman–Crippen LogP) is 2.45. The van der Waals surface area contributed by atoms with Crippen LogP contribution in [0.1, 0.15) is 19.3 Å². The lowest BCUT2D eigenvalue weighted by Crippen LogP contribution is -2.42. The number of hydrogen-bond acceptors (Lipinski definition) is 2. The molecule has 1 saturated heterocycles. The Bertz CT molecular complexity index is 437. The van der Waals surface area contributed by atoms with Crippen LogP contribution < -0.4 is 5.32 Å². The highest BCUT2D eigenvalue weighted by atomic mass is 19.1. The largest absolute Gasteiger partial charge is 0.396 e. The molecule has 1 aliphatic rings. The molecule has 0 saturated carbocycles. The molecule has 4 nitrogen and oxygen atoms in total. The van der Waals surface area contributed by atoms with Gasteiger partial charge < -0.3 is 15.3 Å². The highest BCUT2D eigenvalue weighted by molar-refractivity contribution is 5.89. The van der Waals surface area contributed by atoms with E-state index in [2.05, 4.69) is 5.32 Å². The summed E-state index contributed by atoms with van der Waals surface area (Å²) in [5, 5.41) is 11.5. The average Bonchev–Trinajstić information content (AvgIpc) is 2.42. The second-order valence-corrected chi connectivity index (χ2v) is 4.88. The Hall–Kier alpha value is -1.62. The van der Waals surface area contributed by atoms with E-state index >= 15 is 0 Å². The van der Waals surface area contributed by atoms with Gasteiger partial charge in [-0.1, -0.05) is 12.1 Å². The number of anilines is 1. The number of carbonyl (C=O) groups excluding carboxylic acids is 1. The number of amides is 2. The van der Waals surface area contributed by atoms with Gasteiger partial charge in [-0.25, -0.2) is 9.18 Å². The van der Waals surface area contributed by atoms with E-state index in [1.807, 2.05) is 0 Å². The third-order valence-corrected chi connectivity index (χ3v) is 3.46. The number of benzene rings is 1. The lowest BCUT2D eigenvalue weighted by atomic mass is 9.95. The van der Waals surface area contributed by atoms with Gasteiger partial charge in [0.15, 0.2) is 0 Å². The number of nitrogens with zero attached hydrogens (tertiary/aromatic N) is 1. The summed E-state index contributed by atoms with van der Waals surface area (Å²) in [4.78, 5) is 13.7. The maximum atomic E-state index is 13.4.